The number of nitrogens with two attached hydrogens (primary N) is 1. The van der Waals surface area contributed by atoms with E-state index in [4.69, 9.17) is 5.73 Å². The average Bonchev–Trinajstić information content (AvgIpc) is 2.88. The van der Waals surface area contributed by atoms with Gasteiger partial charge in [0.05, 0.1) is 6.54 Å². The van der Waals surface area contributed by atoms with Crippen molar-refractivity contribution in [2.75, 3.05) is 32.7 Å². The Kier molecular flexibility index (Phi) is 6.14. The van der Waals surface area contributed by atoms with Crippen LogP contribution in [0.4, 0.5) is 0 Å². The van der Waals surface area contributed by atoms with Crippen molar-refractivity contribution in [3.8, 4) is 0 Å². The summed E-state index contributed by atoms with van der Waals surface area (Å²) in [6.07, 6.45) is 2.81. The Balaban J connectivity index is 1.85. The van der Waals surface area contributed by atoms with E-state index in [1.165, 1.54) is 0 Å². The van der Waals surface area contributed by atoms with Crippen molar-refractivity contribution in [3.05, 3.63) is 12.2 Å². The Labute approximate surface area is 128 Å². The van der Waals surface area contributed by atoms with Gasteiger partial charge in [-0.1, -0.05) is 20.8 Å². The number of piperazine rings is 1. The third-order valence-electron chi connectivity index (χ3n) is 4.27. The van der Waals surface area contributed by atoms with Gasteiger partial charge in [-0.15, -0.1) is 0 Å². The van der Waals surface area contributed by atoms with Gasteiger partial charge in [0.25, 0.3) is 0 Å². The standard InChI is InChI=1S/C15H30N6/c1-4-14(9-16)20-7-5-19(6-8-20)11-15-17-12-18-21(15)10-13(2)3/h12-14H,4-11,16H2,1-3H3. The summed E-state index contributed by atoms with van der Waals surface area (Å²) in [6, 6.07) is 0.539. The Morgan fingerprint density at radius 1 is 1.24 bits per heavy atom. The lowest BCUT2D eigenvalue weighted by atomic mass is 10.1. The number of aromatic nitrogens is 3. The molecule has 1 atom stereocenters. The van der Waals surface area contributed by atoms with E-state index in [2.05, 4.69) is 40.7 Å². The molecule has 2 N–H and O–H groups in total. The van der Waals surface area contributed by atoms with Gasteiger partial charge in [0.15, 0.2) is 0 Å². The first-order valence-corrected chi connectivity index (χ1v) is 8.17. The van der Waals surface area contributed by atoms with Gasteiger partial charge in [-0.3, -0.25) is 9.80 Å². The zero-order valence-corrected chi connectivity index (χ0v) is 13.7. The summed E-state index contributed by atoms with van der Waals surface area (Å²) in [7, 11) is 0. The fourth-order valence-electron chi connectivity index (χ4n) is 2.97. The molecule has 120 valence electrons. The number of hydrogen-bond acceptors (Lipinski definition) is 5. The second-order valence-corrected chi connectivity index (χ2v) is 6.36. The van der Waals surface area contributed by atoms with Crippen molar-refractivity contribution >= 4 is 0 Å². The van der Waals surface area contributed by atoms with Gasteiger partial charge in [-0.2, -0.15) is 5.10 Å². The first-order valence-electron chi connectivity index (χ1n) is 8.17. The third-order valence-corrected chi connectivity index (χ3v) is 4.27. The molecule has 21 heavy (non-hydrogen) atoms. The molecule has 1 aliphatic rings. The molecular weight excluding hydrogens is 264 g/mol. The van der Waals surface area contributed by atoms with E-state index in [1.54, 1.807) is 6.33 Å². The molecule has 0 bridgehead atoms. The molecule has 2 heterocycles. The number of rotatable bonds is 7. The first kappa shape index (κ1) is 16.4. The predicted octanol–water partition coefficient (Wildman–Crippen LogP) is 0.789. The maximum Gasteiger partial charge on any atom is 0.141 e. The highest BCUT2D eigenvalue weighted by atomic mass is 15.4. The van der Waals surface area contributed by atoms with Gasteiger partial charge >= 0.3 is 0 Å². The molecule has 6 nitrogen and oxygen atoms in total. The van der Waals surface area contributed by atoms with Gasteiger partial charge in [0, 0.05) is 45.3 Å². The SMILES string of the molecule is CCC(CN)N1CCN(Cc2ncnn2CC(C)C)CC1. The van der Waals surface area contributed by atoms with E-state index in [9.17, 15) is 0 Å². The van der Waals surface area contributed by atoms with Gasteiger partial charge in [0.1, 0.15) is 12.2 Å². The lowest BCUT2D eigenvalue weighted by Gasteiger charge is -2.38. The molecule has 1 aromatic rings. The van der Waals surface area contributed by atoms with Crippen LogP contribution in [-0.2, 0) is 13.1 Å². The van der Waals surface area contributed by atoms with Gasteiger partial charge < -0.3 is 5.73 Å². The van der Waals surface area contributed by atoms with E-state index < -0.39 is 0 Å². The largest absolute Gasteiger partial charge is 0.329 e. The van der Waals surface area contributed by atoms with Crippen LogP contribution < -0.4 is 5.73 Å². The van der Waals surface area contributed by atoms with Gasteiger partial charge in [-0.25, -0.2) is 9.67 Å². The fourth-order valence-corrected chi connectivity index (χ4v) is 2.97. The van der Waals surface area contributed by atoms with Crippen LogP contribution in [0.15, 0.2) is 6.33 Å². The van der Waals surface area contributed by atoms with E-state index >= 15 is 0 Å². The molecule has 0 aliphatic carbocycles. The van der Waals surface area contributed by atoms with E-state index in [0.29, 0.717) is 12.0 Å². The molecule has 1 fully saturated rings. The molecule has 0 amide bonds. The normalized spacial score (nSPS) is 19.3. The van der Waals surface area contributed by atoms with E-state index in [0.717, 1.165) is 58.1 Å². The number of hydrogen-bond donors (Lipinski definition) is 1. The Bertz CT molecular complexity index is 404. The van der Waals surface area contributed by atoms with Crippen LogP contribution in [0.2, 0.25) is 0 Å². The highest BCUT2D eigenvalue weighted by molar-refractivity contribution is 4.87. The van der Waals surface area contributed by atoms with E-state index in [1.807, 2.05) is 4.68 Å². The molecule has 0 spiro atoms. The van der Waals surface area contributed by atoms with Crippen molar-refractivity contribution in [1.82, 2.24) is 24.6 Å². The van der Waals surface area contributed by atoms with Crippen molar-refractivity contribution in [2.24, 2.45) is 11.7 Å². The molecule has 2 rings (SSSR count). The summed E-state index contributed by atoms with van der Waals surface area (Å²) in [5, 5.41) is 4.34. The zero-order valence-electron chi connectivity index (χ0n) is 13.7. The van der Waals surface area contributed by atoms with Crippen LogP contribution >= 0.6 is 0 Å². The second-order valence-electron chi connectivity index (χ2n) is 6.36. The van der Waals surface area contributed by atoms with Crippen molar-refractivity contribution in [1.29, 1.82) is 0 Å². The maximum absolute atomic E-state index is 5.85. The topological polar surface area (TPSA) is 63.2 Å². The summed E-state index contributed by atoms with van der Waals surface area (Å²) in [6.45, 7) is 13.6. The third kappa shape index (κ3) is 4.49. The average molecular weight is 294 g/mol. The van der Waals surface area contributed by atoms with Crippen LogP contribution in [0.3, 0.4) is 0 Å². The van der Waals surface area contributed by atoms with Crippen LogP contribution in [-0.4, -0.2) is 63.3 Å². The van der Waals surface area contributed by atoms with Crippen molar-refractivity contribution in [2.45, 2.75) is 46.3 Å². The molecule has 1 aromatic heterocycles. The fraction of sp³-hybridized carbons (Fsp3) is 0.867. The van der Waals surface area contributed by atoms with Crippen molar-refractivity contribution in [3.63, 3.8) is 0 Å². The van der Waals surface area contributed by atoms with Crippen LogP contribution in [0.5, 0.6) is 0 Å². The lowest BCUT2D eigenvalue weighted by Crippen LogP contribution is -2.52. The summed E-state index contributed by atoms with van der Waals surface area (Å²) >= 11 is 0. The summed E-state index contributed by atoms with van der Waals surface area (Å²) in [4.78, 5) is 9.42. The Hall–Kier alpha value is -0.980. The van der Waals surface area contributed by atoms with Crippen LogP contribution in [0.1, 0.15) is 33.0 Å². The molecule has 0 radical (unpaired) electrons. The minimum absolute atomic E-state index is 0.539. The smallest absolute Gasteiger partial charge is 0.141 e. The highest BCUT2D eigenvalue weighted by Crippen LogP contribution is 2.11. The highest BCUT2D eigenvalue weighted by Gasteiger charge is 2.22. The molecular formula is C15H30N6. The Morgan fingerprint density at radius 3 is 2.52 bits per heavy atom. The summed E-state index contributed by atoms with van der Waals surface area (Å²) in [5.74, 6) is 1.68. The van der Waals surface area contributed by atoms with Crippen LogP contribution in [0.25, 0.3) is 0 Å². The first-order chi connectivity index (χ1) is 10.1. The monoisotopic (exact) mass is 294 g/mol. The molecule has 1 aliphatic heterocycles. The van der Waals surface area contributed by atoms with Gasteiger partial charge in [0.2, 0.25) is 0 Å². The van der Waals surface area contributed by atoms with Gasteiger partial charge in [-0.05, 0) is 12.3 Å². The van der Waals surface area contributed by atoms with Crippen molar-refractivity contribution < 1.29 is 0 Å². The molecule has 1 unspecified atom stereocenters. The zero-order chi connectivity index (χ0) is 15.2. The molecule has 0 aromatic carbocycles. The van der Waals surface area contributed by atoms with Crippen LogP contribution in [0, 0.1) is 5.92 Å². The summed E-state index contributed by atoms with van der Waals surface area (Å²) in [5.41, 5.74) is 5.85. The number of nitrogens with zero attached hydrogens (tertiary/aromatic N) is 5. The predicted molar refractivity (Wildman–Crippen MR) is 84.8 cm³/mol. The second kappa shape index (κ2) is 7.87. The van der Waals surface area contributed by atoms with E-state index in [-0.39, 0.29) is 0 Å². The lowest BCUT2D eigenvalue weighted by molar-refractivity contribution is 0.0900. The molecule has 0 saturated carbocycles. The minimum Gasteiger partial charge on any atom is -0.329 e. The minimum atomic E-state index is 0.539. The summed E-state index contributed by atoms with van der Waals surface area (Å²) < 4.78 is 2.05. The Morgan fingerprint density at radius 2 is 1.95 bits per heavy atom. The molecule has 1 saturated heterocycles. The molecule has 6 heteroatoms. The maximum atomic E-state index is 5.85. The quantitative estimate of drug-likeness (QED) is 0.805.